The van der Waals surface area contributed by atoms with Crippen LogP contribution in [0, 0.1) is 0 Å². The number of carbonyl (C=O) groups excluding carboxylic acids is 1. The van der Waals surface area contributed by atoms with Gasteiger partial charge in [-0.05, 0) is 36.1 Å². The Labute approximate surface area is 195 Å². The predicted octanol–water partition coefficient (Wildman–Crippen LogP) is 4.80. The van der Waals surface area contributed by atoms with Gasteiger partial charge in [0.25, 0.3) is 5.91 Å². The summed E-state index contributed by atoms with van der Waals surface area (Å²) in [5.41, 5.74) is 1.26. The van der Waals surface area contributed by atoms with E-state index >= 15 is 0 Å². The van der Waals surface area contributed by atoms with Gasteiger partial charge in [0.1, 0.15) is 6.26 Å². The molecule has 0 radical (unpaired) electrons. The van der Waals surface area contributed by atoms with Crippen molar-refractivity contribution in [2.75, 3.05) is 13.2 Å². The van der Waals surface area contributed by atoms with Crippen molar-refractivity contribution in [3.63, 3.8) is 0 Å². The fourth-order valence-electron chi connectivity index (χ4n) is 3.85. The van der Waals surface area contributed by atoms with Crippen molar-refractivity contribution in [3.05, 3.63) is 89.1 Å². The standard InChI is InChI=1S/C25H26F3N3O3/c26-25(27,28)20-10-8-19(9-11-20)15-31(14-18-5-2-1-3-6-18)16-23-30-22(17-34-23)24(32)29-13-21-7-4-12-33-21/h1-3,5-6,8-11,17,21H,4,7,12-16H2,(H,29,32). The molecule has 1 aliphatic heterocycles. The molecular formula is C25H26F3N3O3. The van der Waals surface area contributed by atoms with E-state index in [1.165, 1.54) is 18.4 Å². The molecule has 1 fully saturated rings. The largest absolute Gasteiger partial charge is 0.447 e. The topological polar surface area (TPSA) is 67.6 Å². The maximum Gasteiger partial charge on any atom is 0.416 e. The van der Waals surface area contributed by atoms with Gasteiger partial charge in [0.05, 0.1) is 18.2 Å². The van der Waals surface area contributed by atoms with E-state index in [4.69, 9.17) is 9.15 Å². The normalized spacial score (nSPS) is 16.2. The molecule has 2 heterocycles. The Kier molecular flexibility index (Phi) is 7.64. The van der Waals surface area contributed by atoms with Crippen LogP contribution in [0.5, 0.6) is 0 Å². The van der Waals surface area contributed by atoms with E-state index in [9.17, 15) is 18.0 Å². The highest BCUT2D eigenvalue weighted by atomic mass is 19.4. The summed E-state index contributed by atoms with van der Waals surface area (Å²) in [4.78, 5) is 18.7. The van der Waals surface area contributed by atoms with E-state index in [1.54, 1.807) is 0 Å². The lowest BCUT2D eigenvalue weighted by Gasteiger charge is -2.21. The smallest absolute Gasteiger partial charge is 0.416 e. The SMILES string of the molecule is O=C(NCC1CCCO1)c1coc(CN(Cc2ccccc2)Cc2ccc(C(F)(F)F)cc2)n1. The molecule has 0 bridgehead atoms. The summed E-state index contributed by atoms with van der Waals surface area (Å²) < 4.78 is 49.7. The molecule has 1 N–H and O–H groups in total. The fraction of sp³-hybridized carbons (Fsp3) is 0.360. The molecule has 0 saturated carbocycles. The minimum absolute atomic E-state index is 0.0282. The highest BCUT2D eigenvalue weighted by Gasteiger charge is 2.30. The molecule has 0 spiro atoms. The average Bonchev–Trinajstić information content (AvgIpc) is 3.50. The third-order valence-electron chi connectivity index (χ3n) is 5.59. The number of nitrogens with zero attached hydrogens (tertiary/aromatic N) is 2. The zero-order valence-corrected chi connectivity index (χ0v) is 18.6. The maximum atomic E-state index is 12.9. The lowest BCUT2D eigenvalue weighted by atomic mass is 10.1. The molecule has 4 rings (SSSR count). The lowest BCUT2D eigenvalue weighted by molar-refractivity contribution is -0.137. The van der Waals surface area contributed by atoms with Gasteiger partial charge in [-0.2, -0.15) is 13.2 Å². The Balaban J connectivity index is 1.42. The minimum atomic E-state index is -4.37. The van der Waals surface area contributed by atoms with Crippen LogP contribution in [0.2, 0.25) is 0 Å². The second-order valence-corrected chi connectivity index (χ2v) is 8.30. The first-order valence-electron chi connectivity index (χ1n) is 11.1. The summed E-state index contributed by atoms with van der Waals surface area (Å²) >= 11 is 0. The molecule has 3 aromatic rings. The second-order valence-electron chi connectivity index (χ2n) is 8.30. The van der Waals surface area contributed by atoms with Gasteiger partial charge in [-0.15, -0.1) is 0 Å². The zero-order valence-electron chi connectivity index (χ0n) is 18.6. The number of alkyl halides is 3. The zero-order chi connectivity index (χ0) is 24.0. The molecule has 180 valence electrons. The number of halogens is 3. The summed E-state index contributed by atoms with van der Waals surface area (Å²) in [5, 5.41) is 2.81. The second kappa shape index (κ2) is 10.8. The third-order valence-corrected chi connectivity index (χ3v) is 5.59. The number of rotatable bonds is 9. The van der Waals surface area contributed by atoms with E-state index in [0.29, 0.717) is 32.1 Å². The Morgan fingerprint density at radius 2 is 1.74 bits per heavy atom. The third kappa shape index (κ3) is 6.68. The van der Waals surface area contributed by atoms with Crippen molar-refractivity contribution in [1.82, 2.24) is 15.2 Å². The van der Waals surface area contributed by atoms with Crippen molar-refractivity contribution >= 4 is 5.91 Å². The van der Waals surface area contributed by atoms with Crippen molar-refractivity contribution in [3.8, 4) is 0 Å². The van der Waals surface area contributed by atoms with Gasteiger partial charge in [0.2, 0.25) is 5.89 Å². The maximum absolute atomic E-state index is 12.9. The van der Waals surface area contributed by atoms with Crippen LogP contribution in [0.3, 0.4) is 0 Å². The van der Waals surface area contributed by atoms with Crippen LogP contribution in [0.15, 0.2) is 65.3 Å². The van der Waals surface area contributed by atoms with Crippen LogP contribution in [-0.2, 0) is 30.5 Å². The highest BCUT2D eigenvalue weighted by molar-refractivity contribution is 5.91. The molecule has 0 aliphatic carbocycles. The van der Waals surface area contributed by atoms with Crippen LogP contribution in [-0.4, -0.2) is 35.0 Å². The molecule has 1 amide bonds. The van der Waals surface area contributed by atoms with Crippen molar-refractivity contribution < 1.29 is 27.1 Å². The summed E-state index contributed by atoms with van der Waals surface area (Å²) in [6, 6.07) is 14.8. The van der Waals surface area contributed by atoms with Gasteiger partial charge >= 0.3 is 6.18 Å². The molecule has 6 nitrogen and oxygen atoms in total. The van der Waals surface area contributed by atoms with E-state index in [2.05, 4.69) is 10.3 Å². The summed E-state index contributed by atoms with van der Waals surface area (Å²) in [5.74, 6) is 0.0213. The molecule has 2 aromatic carbocycles. The number of aromatic nitrogens is 1. The van der Waals surface area contributed by atoms with Crippen molar-refractivity contribution in [2.24, 2.45) is 0 Å². The van der Waals surface area contributed by atoms with Gasteiger partial charge < -0.3 is 14.5 Å². The first-order valence-corrected chi connectivity index (χ1v) is 11.1. The Morgan fingerprint density at radius 3 is 2.38 bits per heavy atom. The number of hydrogen-bond acceptors (Lipinski definition) is 5. The van der Waals surface area contributed by atoms with Gasteiger partial charge in [-0.3, -0.25) is 9.69 Å². The van der Waals surface area contributed by atoms with Gasteiger partial charge in [-0.1, -0.05) is 42.5 Å². The van der Waals surface area contributed by atoms with Crippen LogP contribution in [0.25, 0.3) is 0 Å². The van der Waals surface area contributed by atoms with Gasteiger partial charge in [-0.25, -0.2) is 4.98 Å². The molecule has 1 aromatic heterocycles. The number of hydrogen-bond donors (Lipinski definition) is 1. The average molecular weight is 473 g/mol. The van der Waals surface area contributed by atoms with E-state index < -0.39 is 11.7 Å². The molecule has 1 atom stereocenters. The fourth-order valence-corrected chi connectivity index (χ4v) is 3.85. The van der Waals surface area contributed by atoms with Crippen LogP contribution in [0.1, 0.15) is 45.9 Å². The van der Waals surface area contributed by atoms with Crippen LogP contribution in [0.4, 0.5) is 13.2 Å². The Bertz CT molecular complexity index is 1060. The number of amides is 1. The van der Waals surface area contributed by atoms with Gasteiger partial charge in [0, 0.05) is 26.2 Å². The lowest BCUT2D eigenvalue weighted by Crippen LogP contribution is -2.32. The van der Waals surface area contributed by atoms with E-state index in [-0.39, 0.29) is 24.2 Å². The van der Waals surface area contributed by atoms with Crippen molar-refractivity contribution in [2.45, 2.75) is 44.8 Å². The molecular weight excluding hydrogens is 447 g/mol. The first-order chi connectivity index (χ1) is 16.4. The molecule has 1 saturated heterocycles. The Hall–Kier alpha value is -3.17. The summed E-state index contributed by atoms with van der Waals surface area (Å²) in [6.45, 7) is 2.34. The quantitative estimate of drug-likeness (QED) is 0.483. The molecule has 34 heavy (non-hydrogen) atoms. The van der Waals surface area contributed by atoms with Gasteiger partial charge in [0.15, 0.2) is 5.69 Å². The van der Waals surface area contributed by atoms with Crippen molar-refractivity contribution in [1.29, 1.82) is 0 Å². The van der Waals surface area contributed by atoms with Crippen LogP contribution < -0.4 is 5.32 Å². The number of nitrogens with one attached hydrogen (secondary N) is 1. The van der Waals surface area contributed by atoms with E-state index in [0.717, 1.165) is 36.1 Å². The Morgan fingerprint density at radius 1 is 1.03 bits per heavy atom. The number of carbonyl (C=O) groups is 1. The number of ether oxygens (including phenoxy) is 1. The number of oxazole rings is 1. The molecule has 9 heteroatoms. The molecule has 1 aliphatic rings. The molecule has 1 unspecified atom stereocenters. The van der Waals surface area contributed by atoms with Crippen LogP contribution >= 0.6 is 0 Å². The predicted molar refractivity (Wildman–Crippen MR) is 119 cm³/mol. The summed E-state index contributed by atoms with van der Waals surface area (Å²) in [7, 11) is 0. The monoisotopic (exact) mass is 473 g/mol. The highest BCUT2D eigenvalue weighted by Crippen LogP contribution is 2.29. The van der Waals surface area contributed by atoms with E-state index in [1.807, 2.05) is 35.2 Å². The number of benzene rings is 2. The minimum Gasteiger partial charge on any atom is -0.447 e. The first kappa shape index (κ1) is 24.0. The summed E-state index contributed by atoms with van der Waals surface area (Å²) in [6.07, 6.45) is -1.12.